The second-order valence-electron chi connectivity index (χ2n) is 4.82. The van der Waals surface area contributed by atoms with Crippen LogP contribution >= 0.6 is 11.6 Å². The molecule has 1 aromatic carbocycles. The molecule has 0 bridgehead atoms. The normalized spacial score (nSPS) is 20.8. The Bertz CT molecular complexity index is 562. The molecule has 0 amide bonds. The lowest BCUT2D eigenvalue weighted by atomic mass is 10.2. The smallest absolute Gasteiger partial charge is 0.242 e. The molecule has 5 nitrogen and oxygen atoms in total. The summed E-state index contributed by atoms with van der Waals surface area (Å²) in [6.07, 6.45) is 2.11. The van der Waals surface area contributed by atoms with E-state index in [1.54, 1.807) is 0 Å². The van der Waals surface area contributed by atoms with Crippen molar-refractivity contribution in [3.05, 3.63) is 23.2 Å². The van der Waals surface area contributed by atoms with Crippen molar-refractivity contribution < 1.29 is 8.42 Å². The minimum Gasteiger partial charge on any atom is -0.399 e. The van der Waals surface area contributed by atoms with Crippen LogP contribution in [-0.4, -0.2) is 39.5 Å². The Morgan fingerprint density at radius 1 is 1.53 bits per heavy atom. The summed E-state index contributed by atoms with van der Waals surface area (Å²) < 4.78 is 27.0. The first kappa shape index (κ1) is 14.6. The maximum absolute atomic E-state index is 12.2. The van der Waals surface area contributed by atoms with Crippen molar-refractivity contribution in [1.29, 1.82) is 0 Å². The van der Waals surface area contributed by atoms with Crippen LogP contribution < -0.4 is 10.5 Å². The molecule has 0 spiro atoms. The number of likely N-dealkylation sites (tertiary alicyclic amines) is 1. The van der Waals surface area contributed by atoms with E-state index >= 15 is 0 Å². The van der Waals surface area contributed by atoms with E-state index in [9.17, 15) is 8.42 Å². The van der Waals surface area contributed by atoms with Gasteiger partial charge in [-0.1, -0.05) is 11.6 Å². The summed E-state index contributed by atoms with van der Waals surface area (Å²) in [6.45, 7) is 1.41. The summed E-state index contributed by atoms with van der Waals surface area (Å²) in [5, 5.41) is 0.146. The third kappa shape index (κ3) is 3.39. The van der Waals surface area contributed by atoms with E-state index in [0.717, 1.165) is 19.4 Å². The average molecular weight is 304 g/mol. The maximum Gasteiger partial charge on any atom is 0.242 e. The van der Waals surface area contributed by atoms with Gasteiger partial charge in [0.2, 0.25) is 10.0 Å². The van der Waals surface area contributed by atoms with Crippen molar-refractivity contribution in [3.63, 3.8) is 0 Å². The quantitative estimate of drug-likeness (QED) is 0.822. The predicted molar refractivity (Wildman–Crippen MR) is 76.7 cm³/mol. The fraction of sp³-hybridized carbons (Fsp3) is 0.500. The van der Waals surface area contributed by atoms with Crippen LogP contribution in [0.5, 0.6) is 0 Å². The Balaban J connectivity index is 2.09. The number of halogens is 1. The molecule has 0 saturated carbocycles. The van der Waals surface area contributed by atoms with Gasteiger partial charge in [-0.2, -0.15) is 0 Å². The van der Waals surface area contributed by atoms with Gasteiger partial charge in [0.15, 0.2) is 0 Å². The Kier molecular flexibility index (Phi) is 4.35. The molecule has 0 radical (unpaired) electrons. The van der Waals surface area contributed by atoms with Gasteiger partial charge in [-0.25, -0.2) is 13.1 Å². The third-order valence-corrected chi connectivity index (χ3v) is 5.33. The van der Waals surface area contributed by atoms with Crippen molar-refractivity contribution in [3.8, 4) is 0 Å². The van der Waals surface area contributed by atoms with Gasteiger partial charge in [0, 0.05) is 18.3 Å². The van der Waals surface area contributed by atoms with E-state index in [1.807, 2.05) is 7.05 Å². The number of nitrogen functional groups attached to an aromatic ring is 1. The van der Waals surface area contributed by atoms with E-state index < -0.39 is 10.0 Å². The number of anilines is 1. The summed E-state index contributed by atoms with van der Waals surface area (Å²) in [7, 11) is -1.58. The van der Waals surface area contributed by atoms with Crippen LogP contribution in [0.2, 0.25) is 5.02 Å². The lowest BCUT2D eigenvalue weighted by Gasteiger charge is -2.19. The Labute approximate surface area is 118 Å². The summed E-state index contributed by atoms with van der Waals surface area (Å²) in [5.74, 6) is 0. The molecule has 0 aliphatic carbocycles. The Morgan fingerprint density at radius 2 is 2.26 bits per heavy atom. The lowest BCUT2D eigenvalue weighted by molar-refractivity contribution is 0.311. The molecular formula is C12H18ClN3O2S. The molecule has 1 atom stereocenters. The van der Waals surface area contributed by atoms with Crippen LogP contribution in [0.3, 0.4) is 0 Å². The number of nitrogens with two attached hydrogens (primary N) is 1. The van der Waals surface area contributed by atoms with Gasteiger partial charge in [-0.15, -0.1) is 0 Å². The van der Waals surface area contributed by atoms with Crippen molar-refractivity contribution >= 4 is 27.3 Å². The van der Waals surface area contributed by atoms with Gasteiger partial charge in [-0.05, 0) is 44.6 Å². The van der Waals surface area contributed by atoms with E-state index in [1.165, 1.54) is 18.2 Å². The average Bonchev–Trinajstić information content (AvgIpc) is 2.72. The summed E-state index contributed by atoms with van der Waals surface area (Å²) >= 11 is 5.93. The van der Waals surface area contributed by atoms with E-state index in [2.05, 4.69) is 9.62 Å². The number of sulfonamides is 1. The van der Waals surface area contributed by atoms with Gasteiger partial charge >= 0.3 is 0 Å². The molecule has 1 heterocycles. The topological polar surface area (TPSA) is 75.4 Å². The molecule has 19 heavy (non-hydrogen) atoms. The molecule has 1 aliphatic rings. The van der Waals surface area contributed by atoms with E-state index in [0.29, 0.717) is 12.2 Å². The zero-order valence-electron chi connectivity index (χ0n) is 10.8. The number of nitrogens with zero attached hydrogens (tertiary/aromatic N) is 1. The van der Waals surface area contributed by atoms with E-state index in [4.69, 9.17) is 17.3 Å². The monoisotopic (exact) mass is 303 g/mol. The summed E-state index contributed by atoms with van der Waals surface area (Å²) in [5.41, 5.74) is 6.00. The summed E-state index contributed by atoms with van der Waals surface area (Å²) in [4.78, 5) is 2.23. The summed E-state index contributed by atoms with van der Waals surface area (Å²) in [6, 6.07) is 4.65. The standard InChI is InChI=1S/C12H18ClN3O2S/c1-16-6-2-3-10(16)8-15-19(17,18)12-5-4-9(14)7-11(12)13/h4-5,7,10,15H,2-3,6,8,14H2,1H3. The Hall–Kier alpha value is -0.820. The van der Waals surface area contributed by atoms with Crippen molar-refractivity contribution in [2.75, 3.05) is 25.9 Å². The highest BCUT2D eigenvalue weighted by Gasteiger charge is 2.24. The van der Waals surface area contributed by atoms with Crippen molar-refractivity contribution in [2.24, 2.45) is 0 Å². The fourth-order valence-electron chi connectivity index (χ4n) is 2.26. The zero-order valence-corrected chi connectivity index (χ0v) is 12.3. The molecule has 106 valence electrons. The first-order valence-electron chi connectivity index (χ1n) is 6.15. The van der Waals surface area contributed by atoms with Crippen LogP contribution in [0.1, 0.15) is 12.8 Å². The van der Waals surface area contributed by atoms with Crippen molar-refractivity contribution in [2.45, 2.75) is 23.8 Å². The molecule has 1 aromatic rings. The molecule has 1 fully saturated rings. The fourth-order valence-corrected chi connectivity index (χ4v) is 3.88. The molecule has 3 N–H and O–H groups in total. The number of hydrogen-bond donors (Lipinski definition) is 2. The minimum atomic E-state index is -3.58. The molecular weight excluding hydrogens is 286 g/mol. The van der Waals surface area contributed by atoms with Gasteiger partial charge in [0.05, 0.1) is 5.02 Å². The molecule has 2 rings (SSSR count). The van der Waals surface area contributed by atoms with Crippen LogP contribution in [0.4, 0.5) is 5.69 Å². The van der Waals surface area contributed by atoms with Gasteiger partial charge in [0.1, 0.15) is 4.90 Å². The predicted octanol–water partition coefficient (Wildman–Crippen LogP) is 1.29. The Morgan fingerprint density at radius 3 is 2.84 bits per heavy atom. The number of nitrogens with one attached hydrogen (secondary N) is 1. The second-order valence-corrected chi connectivity index (χ2v) is 6.96. The number of benzene rings is 1. The molecule has 1 saturated heterocycles. The van der Waals surface area contributed by atoms with E-state index in [-0.39, 0.29) is 16.0 Å². The number of rotatable bonds is 4. The van der Waals surface area contributed by atoms with Gasteiger partial charge < -0.3 is 10.6 Å². The van der Waals surface area contributed by atoms with Gasteiger partial charge in [-0.3, -0.25) is 0 Å². The van der Waals surface area contributed by atoms with Crippen LogP contribution in [0.15, 0.2) is 23.1 Å². The first-order chi connectivity index (χ1) is 8.90. The molecule has 0 aromatic heterocycles. The molecule has 1 unspecified atom stereocenters. The van der Waals surface area contributed by atoms with Crippen LogP contribution in [-0.2, 0) is 10.0 Å². The highest BCUT2D eigenvalue weighted by molar-refractivity contribution is 7.89. The highest BCUT2D eigenvalue weighted by atomic mass is 35.5. The maximum atomic E-state index is 12.2. The number of likely N-dealkylation sites (N-methyl/N-ethyl adjacent to an activating group) is 1. The first-order valence-corrected chi connectivity index (χ1v) is 8.01. The third-order valence-electron chi connectivity index (χ3n) is 3.43. The van der Waals surface area contributed by atoms with Crippen LogP contribution in [0.25, 0.3) is 0 Å². The van der Waals surface area contributed by atoms with Gasteiger partial charge in [0.25, 0.3) is 0 Å². The minimum absolute atomic E-state index is 0.0732. The lowest BCUT2D eigenvalue weighted by Crippen LogP contribution is -2.38. The van der Waals surface area contributed by atoms with Crippen LogP contribution in [0, 0.1) is 0 Å². The second kappa shape index (κ2) is 5.66. The molecule has 1 aliphatic heterocycles. The SMILES string of the molecule is CN1CCCC1CNS(=O)(=O)c1ccc(N)cc1Cl. The molecule has 7 heteroatoms. The van der Waals surface area contributed by atoms with Crippen molar-refractivity contribution in [1.82, 2.24) is 9.62 Å². The largest absolute Gasteiger partial charge is 0.399 e. The number of hydrogen-bond acceptors (Lipinski definition) is 4. The highest BCUT2D eigenvalue weighted by Crippen LogP contribution is 2.24. The zero-order chi connectivity index (χ0) is 14.0.